The van der Waals surface area contributed by atoms with E-state index in [9.17, 15) is 14.7 Å². The lowest BCUT2D eigenvalue weighted by Gasteiger charge is -2.10. The molecule has 0 aromatic heterocycles. The second-order valence-corrected chi connectivity index (χ2v) is 8.56. The first-order valence-corrected chi connectivity index (χ1v) is 11.8. The van der Waals surface area contributed by atoms with Crippen molar-refractivity contribution in [2.24, 2.45) is 4.99 Å². The molecule has 1 aliphatic heterocycles. The van der Waals surface area contributed by atoms with Gasteiger partial charge in [-0.2, -0.15) is 0 Å². The number of aliphatic imine (C=N–C) groups is 1. The number of aliphatic hydroxyl groups excluding tert-OH is 1. The lowest BCUT2D eigenvalue weighted by Crippen LogP contribution is -2.14. The molecule has 0 aliphatic carbocycles. The van der Waals surface area contributed by atoms with Crippen molar-refractivity contribution >= 4 is 63.7 Å². The standard InChI is InChI=1S/C24H21Cl2NO6S/c1-3-31-19(28)13-33-22-16(25)10-14(11-17(22)26)12-18-21(29)20(24(30)32-4-2)23(34-18)27-15-8-6-5-7-9-15/h5-12,29H,3-4,13H2,1-2H3/b18-12-,27-23?. The summed E-state index contributed by atoms with van der Waals surface area (Å²) in [6.45, 7) is 3.41. The van der Waals surface area contributed by atoms with Gasteiger partial charge in [-0.15, -0.1) is 0 Å². The highest BCUT2D eigenvalue weighted by molar-refractivity contribution is 8.18. The Bertz CT molecular complexity index is 1150. The summed E-state index contributed by atoms with van der Waals surface area (Å²) in [5.41, 5.74) is 1.14. The molecule has 0 fully saturated rings. The van der Waals surface area contributed by atoms with E-state index in [1.165, 1.54) is 0 Å². The first-order valence-electron chi connectivity index (χ1n) is 10.3. The van der Waals surface area contributed by atoms with E-state index in [1.807, 2.05) is 18.2 Å². The lowest BCUT2D eigenvalue weighted by atomic mass is 10.1. The zero-order valence-electron chi connectivity index (χ0n) is 18.3. The van der Waals surface area contributed by atoms with Gasteiger partial charge in [-0.3, -0.25) is 0 Å². The van der Waals surface area contributed by atoms with E-state index in [-0.39, 0.29) is 46.9 Å². The fourth-order valence-electron chi connectivity index (χ4n) is 2.90. The number of ether oxygens (including phenoxy) is 3. The van der Waals surface area contributed by atoms with Crippen molar-refractivity contribution in [1.29, 1.82) is 0 Å². The van der Waals surface area contributed by atoms with Gasteiger partial charge < -0.3 is 19.3 Å². The molecule has 0 saturated carbocycles. The van der Waals surface area contributed by atoms with Gasteiger partial charge in [0.1, 0.15) is 16.4 Å². The topological polar surface area (TPSA) is 94.4 Å². The number of aliphatic hydroxyl groups is 1. The molecule has 10 heteroatoms. The molecule has 7 nitrogen and oxygen atoms in total. The highest BCUT2D eigenvalue weighted by atomic mass is 35.5. The zero-order chi connectivity index (χ0) is 24.7. The van der Waals surface area contributed by atoms with E-state index in [4.69, 9.17) is 37.4 Å². The summed E-state index contributed by atoms with van der Waals surface area (Å²) in [6.07, 6.45) is 1.61. The molecule has 0 amide bonds. The van der Waals surface area contributed by atoms with E-state index < -0.39 is 11.9 Å². The average Bonchev–Trinajstić information content (AvgIpc) is 3.08. The van der Waals surface area contributed by atoms with Gasteiger partial charge in [0.2, 0.25) is 0 Å². The van der Waals surface area contributed by atoms with Crippen molar-refractivity contribution in [3.05, 3.63) is 74.3 Å². The maximum atomic E-state index is 12.5. The van der Waals surface area contributed by atoms with Crippen LogP contribution in [0, 0.1) is 0 Å². The minimum Gasteiger partial charge on any atom is -0.506 e. The van der Waals surface area contributed by atoms with Crippen molar-refractivity contribution in [3.63, 3.8) is 0 Å². The van der Waals surface area contributed by atoms with Crippen LogP contribution in [0.15, 0.2) is 63.7 Å². The predicted molar refractivity (Wildman–Crippen MR) is 134 cm³/mol. The summed E-state index contributed by atoms with van der Waals surface area (Å²) >= 11 is 13.7. The van der Waals surface area contributed by atoms with Crippen LogP contribution in [-0.4, -0.2) is 41.9 Å². The molecule has 0 spiro atoms. The largest absolute Gasteiger partial charge is 0.506 e. The van der Waals surface area contributed by atoms with Crippen LogP contribution in [0.1, 0.15) is 19.4 Å². The number of esters is 2. The van der Waals surface area contributed by atoms with Crippen LogP contribution < -0.4 is 4.74 Å². The molecule has 0 radical (unpaired) electrons. The summed E-state index contributed by atoms with van der Waals surface area (Å²) in [7, 11) is 0. The summed E-state index contributed by atoms with van der Waals surface area (Å²) < 4.78 is 15.3. The third kappa shape index (κ3) is 6.34. The van der Waals surface area contributed by atoms with Crippen LogP contribution in [0.4, 0.5) is 5.69 Å². The number of halogens is 2. The number of carbonyl (C=O) groups is 2. The molecule has 1 aliphatic rings. The fraction of sp³-hybridized carbons (Fsp3) is 0.208. The van der Waals surface area contributed by atoms with Gasteiger partial charge in [0.15, 0.2) is 12.4 Å². The SMILES string of the molecule is CCOC(=O)COc1c(Cl)cc(/C=C2\SC(=Nc3ccccc3)C(C(=O)OCC)=C2O)cc1Cl. The maximum Gasteiger partial charge on any atom is 0.344 e. The number of carbonyl (C=O) groups excluding carboxylic acids is 2. The molecule has 0 atom stereocenters. The van der Waals surface area contributed by atoms with Crippen LogP contribution in [0.2, 0.25) is 10.0 Å². The number of para-hydroxylation sites is 1. The third-order valence-corrected chi connectivity index (χ3v) is 5.90. The Labute approximate surface area is 211 Å². The van der Waals surface area contributed by atoms with Crippen LogP contribution in [-0.2, 0) is 19.1 Å². The molecule has 0 saturated heterocycles. The van der Waals surface area contributed by atoms with Crippen molar-refractivity contribution in [1.82, 2.24) is 0 Å². The fourth-order valence-corrected chi connectivity index (χ4v) is 4.55. The normalized spacial score (nSPS) is 15.6. The molecule has 2 aromatic rings. The van der Waals surface area contributed by atoms with Crippen molar-refractivity contribution in [2.75, 3.05) is 19.8 Å². The van der Waals surface area contributed by atoms with Crippen LogP contribution in [0.5, 0.6) is 5.75 Å². The predicted octanol–water partition coefficient (Wildman–Crippen LogP) is 6.13. The van der Waals surface area contributed by atoms with E-state index in [2.05, 4.69) is 4.99 Å². The van der Waals surface area contributed by atoms with E-state index in [0.717, 1.165) is 11.8 Å². The number of thioether (sulfide) groups is 1. The van der Waals surface area contributed by atoms with E-state index in [0.29, 0.717) is 21.2 Å². The van der Waals surface area contributed by atoms with Gasteiger partial charge in [-0.25, -0.2) is 14.6 Å². The third-order valence-electron chi connectivity index (χ3n) is 4.32. The first kappa shape index (κ1) is 25.7. The van der Waals surface area contributed by atoms with Gasteiger partial charge in [0, 0.05) is 0 Å². The van der Waals surface area contributed by atoms with Crippen molar-refractivity contribution in [2.45, 2.75) is 13.8 Å². The molecule has 34 heavy (non-hydrogen) atoms. The van der Waals surface area contributed by atoms with Crippen molar-refractivity contribution in [3.8, 4) is 5.75 Å². The number of benzene rings is 2. The smallest absolute Gasteiger partial charge is 0.344 e. The molecular formula is C24H21Cl2NO6S. The minimum absolute atomic E-state index is 0.0199. The van der Waals surface area contributed by atoms with Crippen LogP contribution in [0.25, 0.3) is 6.08 Å². The Balaban J connectivity index is 1.93. The van der Waals surface area contributed by atoms with E-state index in [1.54, 1.807) is 44.2 Å². The highest BCUT2D eigenvalue weighted by Crippen LogP contribution is 2.41. The highest BCUT2D eigenvalue weighted by Gasteiger charge is 2.33. The number of nitrogens with zero attached hydrogens (tertiary/aromatic N) is 1. The molecule has 2 aromatic carbocycles. The molecule has 3 rings (SSSR count). The van der Waals surface area contributed by atoms with Gasteiger partial charge in [-0.1, -0.05) is 53.2 Å². The van der Waals surface area contributed by atoms with Gasteiger partial charge >= 0.3 is 11.9 Å². The Morgan fingerprint density at radius 1 is 1.06 bits per heavy atom. The molecule has 0 bridgehead atoms. The Kier molecular flexibility index (Phi) is 9.04. The summed E-state index contributed by atoms with van der Waals surface area (Å²) in [4.78, 5) is 28.9. The average molecular weight is 522 g/mol. The van der Waals surface area contributed by atoms with Gasteiger partial charge in [0.05, 0.1) is 33.9 Å². The summed E-state index contributed by atoms with van der Waals surface area (Å²) in [6, 6.07) is 12.2. The second-order valence-electron chi connectivity index (χ2n) is 6.71. The molecular weight excluding hydrogens is 501 g/mol. The Morgan fingerprint density at radius 2 is 1.71 bits per heavy atom. The van der Waals surface area contributed by atoms with E-state index >= 15 is 0 Å². The summed E-state index contributed by atoms with van der Waals surface area (Å²) in [5, 5.41) is 11.4. The summed E-state index contributed by atoms with van der Waals surface area (Å²) in [5.74, 6) is -1.34. The quantitative estimate of drug-likeness (QED) is 0.417. The Hall–Kier alpha value is -2.94. The van der Waals surface area contributed by atoms with Crippen LogP contribution in [0.3, 0.4) is 0 Å². The molecule has 1 heterocycles. The molecule has 1 N–H and O–H groups in total. The van der Waals surface area contributed by atoms with Gasteiger partial charge in [-0.05, 0) is 49.8 Å². The zero-order valence-corrected chi connectivity index (χ0v) is 20.7. The number of rotatable bonds is 8. The minimum atomic E-state index is -0.677. The number of hydrogen-bond donors (Lipinski definition) is 1. The Morgan fingerprint density at radius 3 is 2.32 bits per heavy atom. The maximum absolute atomic E-state index is 12.5. The first-order chi connectivity index (χ1) is 16.3. The number of hydrogen-bond acceptors (Lipinski definition) is 8. The lowest BCUT2D eigenvalue weighted by molar-refractivity contribution is -0.145. The second kappa shape index (κ2) is 12.0. The van der Waals surface area contributed by atoms with Crippen molar-refractivity contribution < 1.29 is 28.9 Å². The van der Waals surface area contributed by atoms with Crippen LogP contribution >= 0.6 is 35.0 Å². The van der Waals surface area contributed by atoms with Gasteiger partial charge in [0.25, 0.3) is 0 Å². The molecule has 178 valence electrons. The monoisotopic (exact) mass is 521 g/mol. The molecule has 0 unspecified atom stereocenters.